The fraction of sp³-hybridized carbons (Fsp3) is 0.240. The van der Waals surface area contributed by atoms with Crippen LogP contribution in [0.5, 0.6) is 0 Å². The summed E-state index contributed by atoms with van der Waals surface area (Å²) in [7, 11) is 0. The van der Waals surface area contributed by atoms with Crippen molar-refractivity contribution in [2.45, 2.75) is 38.3 Å². The lowest BCUT2D eigenvalue weighted by molar-refractivity contribution is -0.157. The van der Waals surface area contributed by atoms with Gasteiger partial charge in [-0.1, -0.05) is 84.4 Å². The fourth-order valence-corrected chi connectivity index (χ4v) is 3.45. The van der Waals surface area contributed by atoms with Crippen molar-refractivity contribution in [1.82, 2.24) is 0 Å². The van der Waals surface area contributed by atoms with Crippen molar-refractivity contribution in [3.05, 3.63) is 101 Å². The predicted molar refractivity (Wildman–Crippen MR) is 119 cm³/mol. The van der Waals surface area contributed by atoms with Gasteiger partial charge in [-0.15, -0.1) is 0 Å². The Hall–Kier alpha value is -2.78. The Morgan fingerprint density at radius 3 is 1.90 bits per heavy atom. The Bertz CT molecular complexity index is 936. The average Bonchev–Trinajstić information content (AvgIpc) is 2.69. The minimum Gasteiger partial charge on any atom is -0.459 e. The second-order valence-corrected chi connectivity index (χ2v) is 8.34. The first-order valence-corrected chi connectivity index (χ1v) is 10.1. The van der Waals surface area contributed by atoms with Gasteiger partial charge in [0, 0.05) is 0 Å². The third-order valence-electron chi connectivity index (χ3n) is 4.50. The molecule has 0 fully saturated rings. The van der Waals surface area contributed by atoms with Gasteiger partial charge in [0.15, 0.2) is 0 Å². The van der Waals surface area contributed by atoms with Gasteiger partial charge in [-0.25, -0.2) is 0 Å². The third kappa shape index (κ3) is 5.61. The predicted octanol–water partition coefficient (Wildman–Crippen LogP) is 6.62. The van der Waals surface area contributed by atoms with Crippen LogP contribution in [0, 0.1) is 0 Å². The number of nitrogens with one attached hydrogen (secondary N) is 1. The number of para-hydroxylation sites is 1. The molecule has 0 amide bonds. The van der Waals surface area contributed by atoms with E-state index in [1.165, 1.54) is 0 Å². The lowest BCUT2D eigenvalue weighted by Gasteiger charge is -2.31. The number of ether oxygens (including phenoxy) is 1. The van der Waals surface area contributed by atoms with Crippen LogP contribution < -0.4 is 5.32 Å². The minimum absolute atomic E-state index is 0.280. The van der Waals surface area contributed by atoms with Crippen LogP contribution in [0.3, 0.4) is 0 Å². The van der Waals surface area contributed by atoms with Crippen molar-refractivity contribution in [2.24, 2.45) is 0 Å². The highest BCUT2D eigenvalue weighted by atomic mass is 35.5. The van der Waals surface area contributed by atoms with Crippen molar-refractivity contribution in [1.29, 1.82) is 0 Å². The number of benzene rings is 3. The summed E-state index contributed by atoms with van der Waals surface area (Å²) in [4.78, 5) is 13.4. The molecule has 0 saturated carbocycles. The van der Waals surface area contributed by atoms with Gasteiger partial charge in [0.25, 0.3) is 0 Å². The topological polar surface area (TPSA) is 38.3 Å². The van der Waals surface area contributed by atoms with E-state index in [0.29, 0.717) is 5.02 Å². The molecule has 0 heterocycles. The summed E-state index contributed by atoms with van der Waals surface area (Å²) in [6.45, 7) is 5.64. The second kappa shape index (κ2) is 9.15. The van der Waals surface area contributed by atoms with Crippen LogP contribution in [-0.2, 0) is 9.53 Å². The van der Waals surface area contributed by atoms with Gasteiger partial charge in [0.2, 0.25) is 0 Å². The molecule has 0 aliphatic carbocycles. The molecular weight excluding hydrogens is 382 g/mol. The van der Waals surface area contributed by atoms with Crippen LogP contribution in [-0.4, -0.2) is 11.6 Å². The van der Waals surface area contributed by atoms with E-state index in [4.69, 9.17) is 16.3 Å². The molecule has 0 spiro atoms. The molecule has 3 aromatic carbocycles. The van der Waals surface area contributed by atoms with Gasteiger partial charge < -0.3 is 10.1 Å². The summed E-state index contributed by atoms with van der Waals surface area (Å²) in [6, 6.07) is 26.8. The number of anilines is 1. The molecule has 0 aliphatic heterocycles. The number of esters is 1. The van der Waals surface area contributed by atoms with E-state index in [9.17, 15) is 4.79 Å². The largest absolute Gasteiger partial charge is 0.459 e. The molecule has 2 atom stereocenters. The van der Waals surface area contributed by atoms with Crippen LogP contribution in [0.2, 0.25) is 5.02 Å². The molecule has 4 heteroatoms. The minimum atomic E-state index is -0.588. The molecule has 0 saturated heterocycles. The SMILES string of the molecule is CC(C)(C)OC(=O)[C@H](c1ccccc1)[C@@H](Nc1ccccc1Cl)c1ccccc1. The molecule has 3 nitrogen and oxygen atoms in total. The van der Waals surface area contributed by atoms with Crippen LogP contribution in [0.25, 0.3) is 0 Å². The first-order valence-electron chi connectivity index (χ1n) is 9.69. The van der Waals surface area contributed by atoms with Gasteiger partial charge >= 0.3 is 5.97 Å². The number of hydrogen-bond donors (Lipinski definition) is 1. The van der Waals surface area contributed by atoms with Crippen molar-refractivity contribution in [3.8, 4) is 0 Å². The fourth-order valence-electron chi connectivity index (χ4n) is 3.26. The van der Waals surface area contributed by atoms with Crippen LogP contribution >= 0.6 is 11.6 Å². The van der Waals surface area contributed by atoms with Crippen molar-refractivity contribution in [3.63, 3.8) is 0 Å². The molecule has 0 aliphatic rings. The number of rotatable bonds is 6. The quantitative estimate of drug-likeness (QED) is 0.466. The summed E-state index contributed by atoms with van der Waals surface area (Å²) >= 11 is 6.41. The number of halogens is 1. The monoisotopic (exact) mass is 407 g/mol. The van der Waals surface area contributed by atoms with Crippen molar-refractivity contribution < 1.29 is 9.53 Å². The Labute approximate surface area is 177 Å². The first-order chi connectivity index (χ1) is 13.8. The summed E-state index contributed by atoms with van der Waals surface area (Å²) < 4.78 is 5.81. The summed E-state index contributed by atoms with van der Waals surface area (Å²) in [5.74, 6) is -0.828. The molecule has 3 aromatic rings. The Morgan fingerprint density at radius 2 is 1.34 bits per heavy atom. The molecule has 29 heavy (non-hydrogen) atoms. The Kier molecular flexibility index (Phi) is 6.60. The zero-order chi connectivity index (χ0) is 20.9. The Morgan fingerprint density at radius 1 is 0.828 bits per heavy atom. The highest BCUT2D eigenvalue weighted by Crippen LogP contribution is 2.37. The third-order valence-corrected chi connectivity index (χ3v) is 4.83. The second-order valence-electron chi connectivity index (χ2n) is 7.93. The van der Waals surface area contributed by atoms with E-state index < -0.39 is 11.5 Å². The molecule has 150 valence electrons. The van der Waals surface area contributed by atoms with Crippen LogP contribution in [0.1, 0.15) is 43.9 Å². The number of carbonyl (C=O) groups excluding carboxylic acids is 1. The molecule has 1 N–H and O–H groups in total. The molecule has 3 rings (SSSR count). The van der Waals surface area contributed by atoms with Gasteiger partial charge in [-0.05, 0) is 44.0 Å². The summed E-state index contributed by atoms with van der Waals surface area (Å²) in [5, 5.41) is 4.10. The van der Waals surface area contributed by atoms with Gasteiger partial charge in [0.05, 0.1) is 16.8 Å². The van der Waals surface area contributed by atoms with Crippen LogP contribution in [0.15, 0.2) is 84.9 Å². The average molecular weight is 408 g/mol. The molecule has 0 unspecified atom stereocenters. The number of hydrogen-bond acceptors (Lipinski definition) is 3. The standard InChI is InChI=1S/C25H26ClNO2/c1-25(2,3)29-24(28)22(18-12-6-4-7-13-18)23(19-14-8-5-9-15-19)27-21-17-11-10-16-20(21)26/h4-17,22-23,27H,1-3H3/t22-,23+/m1/s1. The highest BCUT2D eigenvalue weighted by Gasteiger charge is 2.35. The maximum absolute atomic E-state index is 13.4. The molecular formula is C25H26ClNO2. The summed E-state index contributed by atoms with van der Waals surface area (Å²) in [6.07, 6.45) is 0. The van der Waals surface area contributed by atoms with Crippen molar-refractivity contribution in [2.75, 3.05) is 5.32 Å². The van der Waals surface area contributed by atoms with E-state index in [-0.39, 0.29) is 12.0 Å². The highest BCUT2D eigenvalue weighted by molar-refractivity contribution is 6.33. The van der Waals surface area contributed by atoms with Crippen molar-refractivity contribution >= 4 is 23.3 Å². The smallest absolute Gasteiger partial charge is 0.316 e. The lowest BCUT2D eigenvalue weighted by atomic mass is 9.86. The summed E-state index contributed by atoms with van der Waals surface area (Å²) in [5.41, 5.74) is 2.05. The van der Waals surface area contributed by atoms with Gasteiger partial charge in [-0.3, -0.25) is 4.79 Å². The van der Waals surface area contributed by atoms with E-state index >= 15 is 0 Å². The number of carbonyl (C=O) groups is 1. The zero-order valence-electron chi connectivity index (χ0n) is 16.9. The Balaban J connectivity index is 2.09. The molecule has 0 bridgehead atoms. The normalized spacial score (nSPS) is 13.4. The molecule has 0 radical (unpaired) electrons. The van der Waals surface area contributed by atoms with E-state index in [0.717, 1.165) is 16.8 Å². The van der Waals surface area contributed by atoms with E-state index in [2.05, 4.69) is 5.32 Å². The first kappa shape index (κ1) is 20.9. The van der Waals surface area contributed by atoms with Gasteiger partial charge in [-0.2, -0.15) is 0 Å². The lowest BCUT2D eigenvalue weighted by Crippen LogP contribution is -2.33. The van der Waals surface area contributed by atoms with Gasteiger partial charge in [0.1, 0.15) is 11.5 Å². The van der Waals surface area contributed by atoms with E-state index in [1.807, 2.05) is 106 Å². The van der Waals surface area contributed by atoms with E-state index in [1.54, 1.807) is 0 Å². The molecule has 0 aromatic heterocycles. The maximum Gasteiger partial charge on any atom is 0.316 e. The maximum atomic E-state index is 13.4. The zero-order valence-corrected chi connectivity index (χ0v) is 17.7. The van der Waals surface area contributed by atoms with Crippen LogP contribution in [0.4, 0.5) is 5.69 Å².